The maximum absolute atomic E-state index is 15.4. The Hall–Kier alpha value is -7.20. The van der Waals surface area contributed by atoms with Crippen molar-refractivity contribution in [2.75, 3.05) is 10.6 Å². The molecule has 0 aliphatic heterocycles. The van der Waals surface area contributed by atoms with Gasteiger partial charge < -0.3 is 15.4 Å². The molecule has 0 radical (unpaired) electrons. The monoisotopic (exact) mass is 925 g/mol. The topological polar surface area (TPSA) is 214 Å². The van der Waals surface area contributed by atoms with Crippen LogP contribution in [0.2, 0.25) is 0 Å². The molecule has 0 saturated heterocycles. The third kappa shape index (κ3) is 6.09. The van der Waals surface area contributed by atoms with Crippen LogP contribution in [0.1, 0.15) is 82.6 Å². The van der Waals surface area contributed by atoms with Gasteiger partial charge in [-0.1, -0.05) is 0 Å². The first kappa shape index (κ1) is 40.8. The number of nitriles is 1. The Morgan fingerprint density at radius 1 is 0.710 bits per heavy atom. The minimum Gasteiger partial charge on any atom is -0.354 e. The van der Waals surface area contributed by atoms with Crippen molar-refractivity contribution < 1.29 is 9.13 Å². The molecule has 4 unspecified atom stereocenters. The highest BCUT2D eigenvalue weighted by Gasteiger charge is 2.62. The summed E-state index contributed by atoms with van der Waals surface area (Å²) in [5, 5.41) is 18.7. The van der Waals surface area contributed by atoms with Crippen LogP contribution in [0.15, 0.2) is 71.3 Å². The number of hydrogen-bond donors (Lipinski definition) is 2. The van der Waals surface area contributed by atoms with Crippen molar-refractivity contribution in [2.24, 2.45) is 36.1 Å². The molecule has 2 N–H and O–H groups in total. The van der Waals surface area contributed by atoms with Crippen LogP contribution in [0.3, 0.4) is 0 Å². The second kappa shape index (κ2) is 14.2. The maximum atomic E-state index is 15.4. The molecule has 0 spiro atoms. The molecule has 8 aliphatic rings. The number of rotatable bonds is 9. The Labute approximate surface area is 393 Å². The summed E-state index contributed by atoms with van der Waals surface area (Å²) in [6.45, 7) is 1.98. The maximum Gasteiger partial charge on any atom is 0.332 e. The lowest BCUT2D eigenvalue weighted by molar-refractivity contribution is -0.202. The van der Waals surface area contributed by atoms with Gasteiger partial charge in [0.2, 0.25) is 11.9 Å². The van der Waals surface area contributed by atoms with Crippen molar-refractivity contribution in [3.05, 3.63) is 94.1 Å². The fraction of sp³-hybridized carbons (Fsp3) is 0.460. The summed E-state index contributed by atoms with van der Waals surface area (Å²) < 4.78 is 29.7. The molecule has 8 aromatic rings. The lowest BCUT2D eigenvalue weighted by Crippen LogP contribution is -2.62. The van der Waals surface area contributed by atoms with Gasteiger partial charge in [0.25, 0.3) is 0 Å². The van der Waals surface area contributed by atoms with E-state index < -0.39 is 27.9 Å². The molecule has 8 bridgehead atoms. The van der Waals surface area contributed by atoms with Gasteiger partial charge in [-0.2, -0.15) is 15.2 Å². The highest BCUT2D eigenvalue weighted by molar-refractivity contribution is 5.85. The zero-order chi connectivity index (χ0) is 46.6. The fourth-order valence-corrected chi connectivity index (χ4v) is 15.2. The molecular weight excluding hydrogens is 878 g/mol. The van der Waals surface area contributed by atoms with Crippen LogP contribution in [0.25, 0.3) is 44.1 Å². The molecule has 19 heteroatoms. The van der Waals surface area contributed by atoms with E-state index in [1.54, 1.807) is 47.0 Å². The fourth-order valence-electron chi connectivity index (χ4n) is 15.2. The minimum atomic E-state index is -0.630. The van der Waals surface area contributed by atoms with Gasteiger partial charge in [0.15, 0.2) is 11.3 Å². The molecule has 18 nitrogen and oxygen atoms in total. The first-order chi connectivity index (χ1) is 33.4. The average molecular weight is 926 g/mol. The van der Waals surface area contributed by atoms with E-state index in [-0.39, 0.29) is 41.6 Å². The zero-order valence-electron chi connectivity index (χ0n) is 38.2. The third-order valence-corrected chi connectivity index (χ3v) is 17.1. The number of ether oxygens (including phenoxy) is 1. The summed E-state index contributed by atoms with van der Waals surface area (Å²) in [6, 6.07) is 9.69. The summed E-state index contributed by atoms with van der Waals surface area (Å²) in [5.41, 5.74) is 2.72. The highest BCUT2D eigenvalue weighted by Crippen LogP contribution is 2.65. The van der Waals surface area contributed by atoms with E-state index >= 15 is 9.18 Å². The number of anilines is 4. The van der Waals surface area contributed by atoms with Crippen LogP contribution in [-0.2, 0) is 29.6 Å². The lowest BCUT2D eigenvalue weighted by atomic mass is 9.47. The van der Waals surface area contributed by atoms with Crippen LogP contribution in [0.5, 0.6) is 0 Å². The molecule has 0 amide bonds. The van der Waals surface area contributed by atoms with Crippen molar-refractivity contribution in [1.29, 1.82) is 5.26 Å². The molecule has 6 aromatic heterocycles. The molecule has 8 fully saturated rings. The van der Waals surface area contributed by atoms with E-state index in [2.05, 4.69) is 41.6 Å². The Morgan fingerprint density at radius 3 is 1.94 bits per heavy atom. The van der Waals surface area contributed by atoms with E-state index in [0.29, 0.717) is 63.9 Å². The summed E-state index contributed by atoms with van der Waals surface area (Å²) in [6.07, 6.45) is 19.5. The molecule has 4 atom stereocenters. The Balaban J connectivity index is 0.831. The van der Waals surface area contributed by atoms with Crippen LogP contribution in [-0.4, -0.2) is 63.7 Å². The van der Waals surface area contributed by atoms with Crippen LogP contribution in [0, 0.1) is 53.2 Å². The number of aryl methyl sites for hydroxylation is 2. The molecule has 2 aromatic carbocycles. The second-order valence-corrected chi connectivity index (χ2v) is 21.7. The average Bonchev–Trinajstić information content (AvgIpc) is 3.75. The summed E-state index contributed by atoms with van der Waals surface area (Å²) >= 11 is 0. The number of nitrogens with zero attached hydrogens (tertiary/aromatic N) is 13. The molecule has 6 heterocycles. The van der Waals surface area contributed by atoms with Gasteiger partial charge in [0.1, 0.15) is 36.2 Å². The van der Waals surface area contributed by atoms with Crippen molar-refractivity contribution >= 4 is 67.4 Å². The molecule has 69 heavy (non-hydrogen) atoms. The van der Waals surface area contributed by atoms with Gasteiger partial charge in [-0.15, -0.1) is 0 Å². The third-order valence-electron chi connectivity index (χ3n) is 17.1. The number of hydrogen-bond acceptors (Lipinski definition) is 14. The SMILES string of the molecule is Cc1cc2ncncc2cc1Nc1ncc2c(n1)n(C13CC4CC(CC(C#N)(C4)C1)C3)c(=O)n2COC12CC3CC(C1)CC(n1c(=O)n(C)c4cnc(Nc5cc6cncnc6cc5F)nc41)(C3)C2. The summed E-state index contributed by atoms with van der Waals surface area (Å²) in [4.78, 5) is 66.2. The van der Waals surface area contributed by atoms with Crippen LogP contribution < -0.4 is 22.0 Å². The quantitative estimate of drug-likeness (QED) is 0.144. The number of imidazole rings is 2. The van der Waals surface area contributed by atoms with Gasteiger partial charge in [-0.3, -0.25) is 18.3 Å². The zero-order valence-corrected chi connectivity index (χ0v) is 38.2. The highest BCUT2D eigenvalue weighted by atomic mass is 19.1. The molecule has 348 valence electrons. The number of aromatic nitrogens is 12. The van der Waals surface area contributed by atoms with Gasteiger partial charge in [0.05, 0.1) is 57.3 Å². The predicted octanol–water partition coefficient (Wildman–Crippen LogP) is 7.40. The molecule has 8 aliphatic carbocycles. The van der Waals surface area contributed by atoms with E-state index in [1.165, 1.54) is 18.7 Å². The first-order valence-corrected chi connectivity index (χ1v) is 24.0. The number of benzene rings is 2. The summed E-state index contributed by atoms with van der Waals surface area (Å²) in [7, 11) is 1.73. The van der Waals surface area contributed by atoms with Gasteiger partial charge in [-0.25, -0.2) is 43.9 Å². The minimum absolute atomic E-state index is 0.0207. The van der Waals surface area contributed by atoms with Gasteiger partial charge >= 0.3 is 11.4 Å². The lowest BCUT2D eigenvalue weighted by Gasteiger charge is -2.61. The van der Waals surface area contributed by atoms with Gasteiger partial charge in [0, 0.05) is 48.4 Å². The first-order valence-electron chi connectivity index (χ1n) is 24.0. The standard InChI is InChI=1S/C50H48FN15O3/c1-27-3-36-32(17-53-24-57-36)6-35(27)59-43-56-20-40-42(62-43)66(48-11-28-4-29(12-48)10-47(9-28,21-48)23-52)46(68)64(40)26-69-50-15-30-5-31(16-50)14-49(13-30,22-50)65-41-39(63(2)45(65)67)19-55-44(61-41)60-38-7-33-18-54-25-58-37(33)8-34(38)51/h3,6-8,17-20,24-25,28-31H,4-5,9-16,21-22,26H2,1-2H3,(H,55,60,61)(H,56,59,62). The predicted molar refractivity (Wildman–Crippen MR) is 252 cm³/mol. The smallest absolute Gasteiger partial charge is 0.332 e. The van der Waals surface area contributed by atoms with Crippen molar-refractivity contribution in [1.82, 2.24) is 58.1 Å². The van der Waals surface area contributed by atoms with Gasteiger partial charge in [-0.05, 0) is 125 Å². The molecule has 16 rings (SSSR count). The Bertz CT molecular complexity index is 3660. The van der Waals surface area contributed by atoms with E-state index in [0.717, 1.165) is 86.4 Å². The van der Waals surface area contributed by atoms with Crippen molar-refractivity contribution in [3.63, 3.8) is 0 Å². The van der Waals surface area contributed by atoms with E-state index in [1.807, 2.05) is 28.2 Å². The van der Waals surface area contributed by atoms with Crippen LogP contribution >= 0.6 is 0 Å². The normalized spacial score (nSPS) is 29.7. The number of halogens is 1. The Morgan fingerprint density at radius 2 is 1.28 bits per heavy atom. The molecule has 8 saturated carbocycles. The van der Waals surface area contributed by atoms with Crippen LogP contribution in [0.4, 0.5) is 27.7 Å². The number of nitrogens with one attached hydrogen (secondary N) is 2. The van der Waals surface area contributed by atoms with E-state index in [9.17, 15) is 10.1 Å². The largest absolute Gasteiger partial charge is 0.354 e. The Kier molecular flexibility index (Phi) is 8.39. The van der Waals surface area contributed by atoms with Crippen molar-refractivity contribution in [2.45, 2.75) is 107 Å². The van der Waals surface area contributed by atoms with Crippen molar-refractivity contribution in [3.8, 4) is 6.07 Å². The number of fused-ring (bicyclic) bond motifs is 4. The second-order valence-electron chi connectivity index (χ2n) is 21.7. The summed E-state index contributed by atoms with van der Waals surface area (Å²) in [5.74, 6) is 1.30. The molecular formula is C50H48FN15O3. The van der Waals surface area contributed by atoms with E-state index in [4.69, 9.17) is 19.7 Å².